The van der Waals surface area contributed by atoms with Crippen LogP contribution in [0.15, 0.2) is 48.5 Å². The first-order chi connectivity index (χ1) is 16.9. The molecular weight excluding hydrogens is 470 g/mol. The van der Waals surface area contributed by atoms with Crippen LogP contribution in [0.5, 0.6) is 11.5 Å². The molecule has 2 aromatic carbocycles. The predicted octanol–water partition coefficient (Wildman–Crippen LogP) is 2.87. The number of likely N-dealkylation sites (tertiary alicyclic amines) is 1. The number of hydrogen-bond donors (Lipinski definition) is 1. The Morgan fingerprint density at radius 3 is 2.77 bits per heavy atom. The van der Waals surface area contributed by atoms with Gasteiger partial charge in [0.25, 0.3) is 0 Å². The number of para-hydroxylation sites is 1. The molecule has 2 heterocycles. The molecule has 0 unspecified atom stereocenters. The van der Waals surface area contributed by atoms with E-state index in [0.717, 1.165) is 24.3 Å². The average Bonchev–Trinajstić information content (AvgIpc) is 3.23. The minimum absolute atomic E-state index is 0.0477. The summed E-state index contributed by atoms with van der Waals surface area (Å²) < 4.78 is 18.1. The van der Waals surface area contributed by atoms with Crippen LogP contribution in [-0.4, -0.2) is 73.2 Å². The third kappa shape index (κ3) is 7.10. The van der Waals surface area contributed by atoms with Crippen molar-refractivity contribution in [2.75, 3.05) is 46.0 Å². The second kappa shape index (κ2) is 11.7. The molecule has 2 aliphatic heterocycles. The lowest BCUT2D eigenvalue weighted by Gasteiger charge is -2.42. The van der Waals surface area contributed by atoms with E-state index in [4.69, 9.17) is 31.5 Å². The van der Waals surface area contributed by atoms with Crippen molar-refractivity contribution in [2.45, 2.75) is 31.4 Å². The van der Waals surface area contributed by atoms with Crippen molar-refractivity contribution < 1.29 is 23.8 Å². The first-order valence-electron chi connectivity index (χ1n) is 11.9. The summed E-state index contributed by atoms with van der Waals surface area (Å²) in [5, 5.41) is 0.573. The highest BCUT2D eigenvalue weighted by Crippen LogP contribution is 2.28. The topological polar surface area (TPSA) is 94.3 Å². The standard InChI is InChI=1S/C26H32ClN3O5/c27-21-6-3-7-22(15-21)34-19-26(16-24(28)31)18-29(11-14-35-26)17-20-5-1-2-8-23(20)33-13-12-30-10-4-9-25(30)32/h1-3,5-8,15H,4,9-14,16-19H2,(H2,28,31)/t26-/m1/s1. The van der Waals surface area contributed by atoms with Crippen LogP contribution < -0.4 is 15.2 Å². The molecule has 4 rings (SSSR count). The number of rotatable bonds is 11. The van der Waals surface area contributed by atoms with E-state index in [0.29, 0.717) is 56.6 Å². The summed E-state index contributed by atoms with van der Waals surface area (Å²) in [6.45, 7) is 4.28. The number of ether oxygens (including phenoxy) is 3. The Morgan fingerprint density at radius 2 is 2.00 bits per heavy atom. The van der Waals surface area contributed by atoms with E-state index in [2.05, 4.69) is 4.90 Å². The molecule has 9 heteroatoms. The molecule has 2 N–H and O–H groups in total. The molecule has 2 amide bonds. The van der Waals surface area contributed by atoms with Crippen LogP contribution in [0.25, 0.3) is 0 Å². The van der Waals surface area contributed by atoms with Gasteiger partial charge in [-0.3, -0.25) is 14.5 Å². The number of hydrogen-bond acceptors (Lipinski definition) is 6. The van der Waals surface area contributed by atoms with Crippen LogP contribution in [0, 0.1) is 0 Å². The van der Waals surface area contributed by atoms with Crippen LogP contribution in [0.1, 0.15) is 24.8 Å². The van der Waals surface area contributed by atoms with E-state index in [1.54, 1.807) is 12.1 Å². The molecular formula is C26H32ClN3O5. The van der Waals surface area contributed by atoms with Gasteiger partial charge in [-0.15, -0.1) is 0 Å². The summed E-state index contributed by atoms with van der Waals surface area (Å²) >= 11 is 6.07. The molecule has 0 aromatic heterocycles. The van der Waals surface area contributed by atoms with Gasteiger partial charge in [-0.2, -0.15) is 0 Å². The van der Waals surface area contributed by atoms with Crippen LogP contribution in [0.3, 0.4) is 0 Å². The molecule has 2 aromatic rings. The van der Waals surface area contributed by atoms with Gasteiger partial charge in [-0.1, -0.05) is 35.9 Å². The number of morpholine rings is 1. The number of nitrogens with zero attached hydrogens (tertiary/aromatic N) is 2. The van der Waals surface area contributed by atoms with Gasteiger partial charge in [-0.25, -0.2) is 0 Å². The quantitative estimate of drug-likeness (QED) is 0.509. The SMILES string of the molecule is NC(=O)C[C@]1(COc2cccc(Cl)c2)CN(Cc2ccccc2OCCN2CCCC2=O)CCO1. The Kier molecular flexibility index (Phi) is 8.49. The molecule has 1 atom stereocenters. The number of benzene rings is 2. The lowest BCUT2D eigenvalue weighted by atomic mass is 9.97. The maximum Gasteiger partial charge on any atom is 0.222 e. The van der Waals surface area contributed by atoms with E-state index in [-0.39, 0.29) is 18.9 Å². The number of halogens is 1. The Balaban J connectivity index is 1.39. The lowest BCUT2D eigenvalue weighted by molar-refractivity contribution is -0.148. The van der Waals surface area contributed by atoms with Gasteiger partial charge < -0.3 is 24.8 Å². The maximum atomic E-state index is 11.9. The molecule has 0 saturated carbocycles. The van der Waals surface area contributed by atoms with E-state index in [1.165, 1.54) is 0 Å². The molecule has 0 aliphatic carbocycles. The van der Waals surface area contributed by atoms with E-state index < -0.39 is 11.5 Å². The number of nitrogens with two attached hydrogens (primary N) is 1. The van der Waals surface area contributed by atoms with Crippen LogP contribution in [0.4, 0.5) is 0 Å². The number of carbonyl (C=O) groups is 2. The second-order valence-electron chi connectivity index (χ2n) is 9.07. The van der Waals surface area contributed by atoms with Crippen molar-refractivity contribution >= 4 is 23.4 Å². The van der Waals surface area contributed by atoms with Crippen LogP contribution in [-0.2, 0) is 20.9 Å². The van der Waals surface area contributed by atoms with Gasteiger partial charge >= 0.3 is 0 Å². The predicted molar refractivity (Wildman–Crippen MR) is 132 cm³/mol. The van der Waals surface area contributed by atoms with E-state index in [1.807, 2.05) is 41.3 Å². The van der Waals surface area contributed by atoms with Crippen molar-refractivity contribution in [1.82, 2.24) is 9.80 Å². The fraction of sp³-hybridized carbons (Fsp3) is 0.462. The fourth-order valence-electron chi connectivity index (χ4n) is 4.62. The highest BCUT2D eigenvalue weighted by Gasteiger charge is 2.39. The Labute approximate surface area is 210 Å². The normalized spacial score (nSPS) is 20.7. The summed E-state index contributed by atoms with van der Waals surface area (Å²) in [5.74, 6) is 1.15. The second-order valence-corrected chi connectivity index (χ2v) is 9.51. The Bertz CT molecular complexity index is 1040. The highest BCUT2D eigenvalue weighted by atomic mass is 35.5. The third-order valence-corrected chi connectivity index (χ3v) is 6.51. The lowest BCUT2D eigenvalue weighted by Crippen LogP contribution is -2.56. The highest BCUT2D eigenvalue weighted by molar-refractivity contribution is 6.30. The molecule has 2 fully saturated rings. The molecule has 2 saturated heterocycles. The van der Waals surface area contributed by atoms with Crippen molar-refractivity contribution in [3.63, 3.8) is 0 Å². The van der Waals surface area contributed by atoms with Gasteiger partial charge in [0.2, 0.25) is 11.8 Å². The minimum Gasteiger partial charge on any atom is -0.491 e. The van der Waals surface area contributed by atoms with Gasteiger partial charge in [0.15, 0.2) is 0 Å². The molecule has 188 valence electrons. The molecule has 8 nitrogen and oxygen atoms in total. The monoisotopic (exact) mass is 501 g/mol. The molecule has 2 aliphatic rings. The van der Waals surface area contributed by atoms with Crippen LogP contribution in [0.2, 0.25) is 5.02 Å². The zero-order valence-electron chi connectivity index (χ0n) is 19.8. The zero-order chi connectivity index (χ0) is 24.7. The molecule has 0 spiro atoms. The summed E-state index contributed by atoms with van der Waals surface area (Å²) in [6.07, 6.45) is 1.59. The first kappa shape index (κ1) is 25.3. The van der Waals surface area contributed by atoms with Crippen molar-refractivity contribution in [1.29, 1.82) is 0 Å². The van der Waals surface area contributed by atoms with Crippen LogP contribution >= 0.6 is 11.6 Å². The third-order valence-electron chi connectivity index (χ3n) is 6.28. The Hall–Kier alpha value is -2.81. The summed E-state index contributed by atoms with van der Waals surface area (Å²) in [5.41, 5.74) is 5.75. The summed E-state index contributed by atoms with van der Waals surface area (Å²) in [6, 6.07) is 15.0. The minimum atomic E-state index is -0.863. The van der Waals surface area contributed by atoms with E-state index >= 15 is 0 Å². The smallest absolute Gasteiger partial charge is 0.222 e. The first-order valence-corrected chi connectivity index (χ1v) is 12.3. The van der Waals surface area contributed by atoms with Crippen molar-refractivity contribution in [2.24, 2.45) is 5.73 Å². The van der Waals surface area contributed by atoms with Gasteiger partial charge in [0.1, 0.15) is 30.3 Å². The van der Waals surface area contributed by atoms with Crippen molar-refractivity contribution in [3.05, 3.63) is 59.1 Å². The molecule has 0 bridgehead atoms. The van der Waals surface area contributed by atoms with Gasteiger partial charge in [0, 0.05) is 43.2 Å². The zero-order valence-corrected chi connectivity index (χ0v) is 20.5. The largest absolute Gasteiger partial charge is 0.491 e. The maximum absolute atomic E-state index is 11.9. The molecule has 35 heavy (non-hydrogen) atoms. The number of carbonyl (C=O) groups excluding carboxylic acids is 2. The molecule has 0 radical (unpaired) electrons. The Morgan fingerprint density at radius 1 is 1.14 bits per heavy atom. The number of amides is 2. The van der Waals surface area contributed by atoms with Crippen molar-refractivity contribution in [3.8, 4) is 11.5 Å². The number of primary amides is 1. The van der Waals surface area contributed by atoms with Gasteiger partial charge in [-0.05, 0) is 30.7 Å². The summed E-state index contributed by atoms with van der Waals surface area (Å²) in [7, 11) is 0. The van der Waals surface area contributed by atoms with E-state index in [9.17, 15) is 9.59 Å². The van der Waals surface area contributed by atoms with Gasteiger partial charge in [0.05, 0.1) is 19.6 Å². The average molecular weight is 502 g/mol. The fourth-order valence-corrected chi connectivity index (χ4v) is 4.80. The summed E-state index contributed by atoms with van der Waals surface area (Å²) in [4.78, 5) is 27.8.